The first-order valence-corrected chi connectivity index (χ1v) is 5.79. The Labute approximate surface area is 109 Å². The second-order valence-corrected chi connectivity index (χ2v) is 4.68. The summed E-state index contributed by atoms with van der Waals surface area (Å²) in [5, 5.41) is 3.59. The number of carbonyl (C=O) groups is 1. The lowest BCUT2D eigenvalue weighted by Crippen LogP contribution is -2.47. The second-order valence-electron chi connectivity index (χ2n) is 4.68. The van der Waals surface area contributed by atoms with Crippen LogP contribution in [0.4, 0.5) is 4.79 Å². The molecule has 0 aromatic carbocycles. The third-order valence-electron chi connectivity index (χ3n) is 2.91. The van der Waals surface area contributed by atoms with Crippen LogP contribution in [0, 0.1) is 0 Å². The van der Waals surface area contributed by atoms with E-state index in [1.54, 1.807) is 26.0 Å². The van der Waals surface area contributed by atoms with Crippen molar-refractivity contribution >= 4 is 6.16 Å². The van der Waals surface area contributed by atoms with Gasteiger partial charge in [-0.05, 0) is 19.4 Å². The van der Waals surface area contributed by atoms with E-state index >= 15 is 0 Å². The van der Waals surface area contributed by atoms with Gasteiger partial charge < -0.3 is 18.9 Å². The summed E-state index contributed by atoms with van der Waals surface area (Å²) >= 11 is 0. The highest BCUT2D eigenvalue weighted by Gasteiger charge is 2.49. The molecule has 2 rings (SSSR count). The maximum Gasteiger partial charge on any atom is 0.508 e. The van der Waals surface area contributed by atoms with Gasteiger partial charge in [0.2, 0.25) is 0 Å². The Morgan fingerprint density at radius 3 is 2.79 bits per heavy atom. The minimum atomic E-state index is -0.856. The average molecular weight is 269 g/mol. The van der Waals surface area contributed by atoms with Crippen molar-refractivity contribution in [1.82, 2.24) is 0 Å². The molecule has 2 aliphatic rings. The van der Waals surface area contributed by atoms with Crippen molar-refractivity contribution in [2.75, 3.05) is 7.11 Å². The van der Waals surface area contributed by atoms with Gasteiger partial charge >= 0.3 is 6.16 Å². The molecular weight excluding hydrogens is 254 g/mol. The molecule has 0 unspecified atom stereocenters. The highest BCUT2D eigenvalue weighted by atomic mass is 16.8. The summed E-state index contributed by atoms with van der Waals surface area (Å²) in [5.74, 6) is -0.789. The molecule has 104 valence electrons. The average Bonchev–Trinajstić information content (AvgIpc) is 2.67. The predicted octanol–water partition coefficient (Wildman–Crippen LogP) is 1.91. The van der Waals surface area contributed by atoms with E-state index < -0.39 is 30.2 Å². The van der Waals surface area contributed by atoms with Crippen LogP contribution >= 0.6 is 0 Å². The second kappa shape index (κ2) is 5.08. The van der Waals surface area contributed by atoms with Crippen LogP contribution in [-0.2, 0) is 18.9 Å². The Hall–Kier alpha value is -1.76. The maximum atomic E-state index is 11.3. The van der Waals surface area contributed by atoms with Crippen molar-refractivity contribution in [3.63, 3.8) is 0 Å². The van der Waals surface area contributed by atoms with Crippen molar-refractivity contribution in [1.29, 1.82) is 0 Å². The molecule has 0 bridgehead atoms. The standard InChI is InChI=1S/C11H15N3O5/c1-11(2)18-7-5-4-6(13-14-12)8(9(7)19-11)17-10(15)16-3/h4-9H,1-3H3/t6-,7-,8-,9-/m0/s1. The van der Waals surface area contributed by atoms with Crippen molar-refractivity contribution < 1.29 is 23.7 Å². The monoisotopic (exact) mass is 269 g/mol. The van der Waals surface area contributed by atoms with Gasteiger partial charge in [-0.15, -0.1) is 0 Å². The van der Waals surface area contributed by atoms with Crippen molar-refractivity contribution in [3.8, 4) is 0 Å². The largest absolute Gasteiger partial charge is 0.508 e. The molecule has 0 amide bonds. The number of azide groups is 1. The van der Waals surface area contributed by atoms with Crippen molar-refractivity contribution in [2.24, 2.45) is 5.11 Å². The molecule has 19 heavy (non-hydrogen) atoms. The van der Waals surface area contributed by atoms with Crippen LogP contribution < -0.4 is 0 Å². The first kappa shape index (κ1) is 13.7. The summed E-state index contributed by atoms with van der Waals surface area (Å²) in [6, 6.07) is -0.650. The molecule has 0 aromatic rings. The fraction of sp³-hybridized carbons (Fsp3) is 0.727. The predicted molar refractivity (Wildman–Crippen MR) is 63.2 cm³/mol. The minimum absolute atomic E-state index is 0.352. The number of fused-ring (bicyclic) bond motifs is 1. The van der Waals surface area contributed by atoms with E-state index in [0.717, 1.165) is 0 Å². The van der Waals surface area contributed by atoms with Crippen molar-refractivity contribution in [3.05, 3.63) is 22.6 Å². The van der Waals surface area contributed by atoms with Gasteiger partial charge in [0, 0.05) is 4.91 Å². The molecule has 0 N–H and O–H groups in total. The molecular formula is C11H15N3O5. The van der Waals surface area contributed by atoms with Crippen LogP contribution in [0.2, 0.25) is 0 Å². The van der Waals surface area contributed by atoms with Gasteiger partial charge in [0.25, 0.3) is 0 Å². The van der Waals surface area contributed by atoms with Gasteiger partial charge in [-0.1, -0.05) is 17.3 Å². The molecule has 1 aliphatic carbocycles. The molecule has 0 aromatic heterocycles. The summed E-state index contributed by atoms with van der Waals surface area (Å²) < 4.78 is 20.9. The number of hydrogen-bond donors (Lipinski definition) is 0. The first-order valence-electron chi connectivity index (χ1n) is 5.79. The molecule has 1 saturated heterocycles. The topological polar surface area (TPSA) is 103 Å². The Morgan fingerprint density at radius 2 is 2.16 bits per heavy atom. The van der Waals surface area contributed by atoms with E-state index in [1.165, 1.54) is 7.11 Å². The fourth-order valence-electron chi connectivity index (χ4n) is 2.21. The number of hydrogen-bond acceptors (Lipinski definition) is 6. The van der Waals surface area contributed by atoms with E-state index in [4.69, 9.17) is 19.7 Å². The summed E-state index contributed by atoms with van der Waals surface area (Å²) in [7, 11) is 1.21. The quantitative estimate of drug-likeness (QED) is 0.250. The molecule has 1 fully saturated rings. The zero-order valence-corrected chi connectivity index (χ0v) is 10.8. The van der Waals surface area contributed by atoms with E-state index in [9.17, 15) is 4.79 Å². The number of methoxy groups -OCH3 is 1. The normalized spacial score (nSPS) is 35.1. The van der Waals surface area contributed by atoms with Gasteiger partial charge in [-0.3, -0.25) is 0 Å². The van der Waals surface area contributed by atoms with Crippen LogP contribution in [-0.4, -0.2) is 43.4 Å². The zero-order chi connectivity index (χ0) is 14.0. The third kappa shape index (κ3) is 2.81. The number of ether oxygens (including phenoxy) is 4. The molecule has 1 heterocycles. The summed E-state index contributed by atoms with van der Waals surface area (Å²) in [4.78, 5) is 14.0. The number of rotatable bonds is 2. The fourth-order valence-corrected chi connectivity index (χ4v) is 2.21. The van der Waals surface area contributed by atoms with E-state index in [-0.39, 0.29) is 6.10 Å². The van der Waals surface area contributed by atoms with Crippen LogP contribution in [0.1, 0.15) is 13.8 Å². The van der Waals surface area contributed by atoms with Crippen LogP contribution in [0.3, 0.4) is 0 Å². The highest BCUT2D eigenvalue weighted by Crippen LogP contribution is 2.36. The van der Waals surface area contributed by atoms with Crippen LogP contribution in [0.25, 0.3) is 10.4 Å². The van der Waals surface area contributed by atoms with Crippen LogP contribution in [0.15, 0.2) is 17.3 Å². The SMILES string of the molecule is COC(=O)O[C@@H]1[C@H]2OC(C)(C)O[C@H]2C=C[C@@H]1N=[N+]=[N-]. The first-order chi connectivity index (χ1) is 8.96. The Bertz CT molecular complexity index is 444. The lowest BCUT2D eigenvalue weighted by Gasteiger charge is -2.30. The Morgan fingerprint density at radius 1 is 1.42 bits per heavy atom. The third-order valence-corrected chi connectivity index (χ3v) is 2.91. The van der Waals surface area contributed by atoms with E-state index in [0.29, 0.717) is 0 Å². The number of carbonyl (C=O) groups excluding carboxylic acids is 1. The smallest absolute Gasteiger partial charge is 0.438 e. The maximum absolute atomic E-state index is 11.3. The molecule has 0 saturated carbocycles. The molecule has 8 nitrogen and oxygen atoms in total. The van der Waals surface area contributed by atoms with Gasteiger partial charge in [0.15, 0.2) is 5.79 Å². The molecule has 0 radical (unpaired) electrons. The van der Waals surface area contributed by atoms with Crippen LogP contribution in [0.5, 0.6) is 0 Å². The van der Waals surface area contributed by atoms with Crippen molar-refractivity contribution in [2.45, 2.75) is 44.0 Å². The molecule has 0 spiro atoms. The summed E-state index contributed by atoms with van der Waals surface area (Å²) in [6.45, 7) is 3.52. The molecule has 4 atom stereocenters. The highest BCUT2D eigenvalue weighted by molar-refractivity contribution is 5.60. The lowest BCUT2D eigenvalue weighted by molar-refractivity contribution is -0.154. The zero-order valence-electron chi connectivity index (χ0n) is 10.8. The number of nitrogens with zero attached hydrogens (tertiary/aromatic N) is 3. The summed E-state index contributed by atoms with van der Waals surface area (Å²) in [6.07, 6.45) is 0.866. The van der Waals surface area contributed by atoms with Gasteiger partial charge in [0.1, 0.15) is 18.3 Å². The Balaban J connectivity index is 2.24. The van der Waals surface area contributed by atoms with Gasteiger partial charge in [0.05, 0.1) is 13.2 Å². The lowest BCUT2D eigenvalue weighted by atomic mass is 9.95. The summed E-state index contributed by atoms with van der Waals surface area (Å²) in [5.41, 5.74) is 8.55. The van der Waals surface area contributed by atoms with E-state index in [2.05, 4.69) is 14.8 Å². The molecule has 1 aliphatic heterocycles. The minimum Gasteiger partial charge on any atom is -0.438 e. The van der Waals surface area contributed by atoms with Gasteiger partial charge in [-0.2, -0.15) is 0 Å². The van der Waals surface area contributed by atoms with Gasteiger partial charge in [-0.25, -0.2) is 4.79 Å². The van der Waals surface area contributed by atoms with E-state index in [1.807, 2.05) is 0 Å². The Kier molecular flexibility index (Phi) is 3.66. The molecule has 8 heteroatoms.